The Morgan fingerprint density at radius 2 is 2.17 bits per heavy atom. The second-order valence-electron chi connectivity index (χ2n) is 4.97. The minimum atomic E-state index is -0.222. The van der Waals surface area contributed by atoms with Crippen LogP contribution in [0.2, 0.25) is 10.0 Å². The second kappa shape index (κ2) is 7.66. The third kappa shape index (κ3) is 4.06. The Bertz CT molecular complexity index is 872. The molecule has 0 atom stereocenters. The van der Waals surface area contributed by atoms with E-state index < -0.39 is 0 Å². The smallest absolute Gasteiger partial charge is 0.249 e. The minimum Gasteiger partial charge on any atom is -0.307 e. The van der Waals surface area contributed by atoms with Gasteiger partial charge in [0.05, 0.1) is 22.8 Å². The molecule has 3 aromatic rings. The zero-order valence-electron chi connectivity index (χ0n) is 12.4. The van der Waals surface area contributed by atoms with Crippen molar-refractivity contribution in [2.75, 3.05) is 5.32 Å². The van der Waals surface area contributed by atoms with Gasteiger partial charge in [-0.15, -0.1) is 0 Å². The van der Waals surface area contributed by atoms with Crippen molar-refractivity contribution in [1.82, 2.24) is 9.78 Å². The van der Waals surface area contributed by atoms with Gasteiger partial charge in [-0.3, -0.25) is 4.79 Å². The molecule has 0 aliphatic heterocycles. The van der Waals surface area contributed by atoms with Crippen molar-refractivity contribution in [3.8, 4) is 0 Å². The van der Waals surface area contributed by atoms with Crippen molar-refractivity contribution < 1.29 is 4.79 Å². The van der Waals surface area contributed by atoms with Crippen LogP contribution in [0.1, 0.15) is 11.1 Å². The number of anilines is 1. The number of thiophene rings is 1. The molecular weight excluding hydrogens is 365 g/mol. The Morgan fingerprint density at radius 3 is 2.96 bits per heavy atom. The molecule has 122 valence electrons. The van der Waals surface area contributed by atoms with Crippen molar-refractivity contribution in [2.24, 2.45) is 0 Å². The van der Waals surface area contributed by atoms with E-state index in [1.807, 2.05) is 29.0 Å². The van der Waals surface area contributed by atoms with Gasteiger partial charge >= 0.3 is 0 Å². The maximum atomic E-state index is 12.0. The molecule has 2 heterocycles. The molecule has 0 spiro atoms. The van der Waals surface area contributed by atoms with Crippen LogP contribution in [0.4, 0.5) is 5.82 Å². The minimum absolute atomic E-state index is 0.222. The van der Waals surface area contributed by atoms with Gasteiger partial charge in [0.25, 0.3) is 0 Å². The van der Waals surface area contributed by atoms with Crippen molar-refractivity contribution in [3.05, 3.63) is 74.5 Å². The molecule has 1 amide bonds. The van der Waals surface area contributed by atoms with Crippen LogP contribution in [0.25, 0.3) is 6.08 Å². The third-order valence-electron chi connectivity index (χ3n) is 3.29. The molecule has 1 N–H and O–H groups in total. The van der Waals surface area contributed by atoms with E-state index in [1.54, 1.807) is 40.4 Å². The largest absolute Gasteiger partial charge is 0.307 e. The SMILES string of the molecule is O=C(/C=C/c1ccsc1)Nc1ccnn1Cc1cccc(Cl)c1Cl. The summed E-state index contributed by atoms with van der Waals surface area (Å²) >= 11 is 13.8. The molecular formula is C17H13Cl2N3OS. The van der Waals surface area contributed by atoms with Crippen LogP contribution in [0.5, 0.6) is 0 Å². The Kier molecular flexibility index (Phi) is 5.35. The molecule has 0 aliphatic carbocycles. The van der Waals surface area contributed by atoms with E-state index >= 15 is 0 Å². The van der Waals surface area contributed by atoms with Crippen LogP contribution in [0.3, 0.4) is 0 Å². The first kappa shape index (κ1) is 16.8. The fourth-order valence-electron chi connectivity index (χ4n) is 2.11. The number of carbonyl (C=O) groups excluding carboxylic acids is 1. The first-order valence-electron chi connectivity index (χ1n) is 7.09. The fourth-order valence-corrected chi connectivity index (χ4v) is 3.11. The molecule has 0 unspecified atom stereocenters. The molecule has 3 rings (SSSR count). The number of amides is 1. The molecule has 0 bridgehead atoms. The zero-order chi connectivity index (χ0) is 16.9. The number of hydrogen-bond acceptors (Lipinski definition) is 3. The summed E-state index contributed by atoms with van der Waals surface area (Å²) < 4.78 is 1.66. The summed E-state index contributed by atoms with van der Waals surface area (Å²) in [5.41, 5.74) is 1.83. The quantitative estimate of drug-likeness (QED) is 0.639. The van der Waals surface area contributed by atoms with E-state index in [9.17, 15) is 4.79 Å². The Morgan fingerprint density at radius 1 is 1.29 bits per heavy atom. The Balaban J connectivity index is 1.71. The first-order chi connectivity index (χ1) is 11.6. The molecule has 0 saturated carbocycles. The zero-order valence-corrected chi connectivity index (χ0v) is 14.8. The van der Waals surface area contributed by atoms with Crippen LogP contribution in [0, 0.1) is 0 Å². The standard InChI is InChI=1S/C17H13Cl2N3OS/c18-14-3-1-2-13(17(14)19)10-22-15(6-8-20-22)21-16(23)5-4-12-7-9-24-11-12/h1-9,11H,10H2,(H,21,23)/b5-4+. The van der Waals surface area contributed by atoms with Gasteiger partial charge in [-0.2, -0.15) is 16.4 Å². The van der Waals surface area contributed by atoms with E-state index in [0.29, 0.717) is 22.4 Å². The molecule has 0 saturated heterocycles. The topological polar surface area (TPSA) is 46.9 Å². The van der Waals surface area contributed by atoms with Gasteiger partial charge in [-0.25, -0.2) is 4.68 Å². The van der Waals surface area contributed by atoms with Crippen molar-refractivity contribution in [2.45, 2.75) is 6.54 Å². The summed E-state index contributed by atoms with van der Waals surface area (Å²) in [6.45, 7) is 0.413. The van der Waals surface area contributed by atoms with Gasteiger partial charge in [0.2, 0.25) is 5.91 Å². The van der Waals surface area contributed by atoms with E-state index in [4.69, 9.17) is 23.2 Å². The molecule has 0 fully saturated rings. The highest BCUT2D eigenvalue weighted by molar-refractivity contribution is 7.08. The van der Waals surface area contributed by atoms with Crippen LogP contribution < -0.4 is 5.32 Å². The number of nitrogens with one attached hydrogen (secondary N) is 1. The number of benzene rings is 1. The van der Waals surface area contributed by atoms with Crippen LogP contribution in [-0.4, -0.2) is 15.7 Å². The van der Waals surface area contributed by atoms with Crippen molar-refractivity contribution >= 4 is 52.3 Å². The lowest BCUT2D eigenvalue weighted by atomic mass is 10.2. The average molecular weight is 378 g/mol. The maximum absolute atomic E-state index is 12.0. The van der Waals surface area contributed by atoms with Gasteiger partial charge < -0.3 is 5.32 Å². The Labute approximate surface area is 153 Å². The summed E-state index contributed by atoms with van der Waals surface area (Å²) in [6, 6.07) is 9.11. The molecule has 24 heavy (non-hydrogen) atoms. The first-order valence-corrected chi connectivity index (χ1v) is 8.79. The number of nitrogens with zero attached hydrogens (tertiary/aromatic N) is 2. The molecule has 1 aromatic carbocycles. The number of carbonyl (C=O) groups is 1. The van der Waals surface area contributed by atoms with Gasteiger partial charge in [-0.05, 0) is 40.1 Å². The molecule has 7 heteroatoms. The highest BCUT2D eigenvalue weighted by Crippen LogP contribution is 2.26. The predicted molar refractivity (Wildman–Crippen MR) is 99.8 cm³/mol. The van der Waals surface area contributed by atoms with Gasteiger partial charge in [0.15, 0.2) is 0 Å². The van der Waals surface area contributed by atoms with Crippen LogP contribution >= 0.6 is 34.5 Å². The fraction of sp³-hybridized carbons (Fsp3) is 0.0588. The van der Waals surface area contributed by atoms with Gasteiger partial charge in [0.1, 0.15) is 5.82 Å². The monoisotopic (exact) mass is 377 g/mol. The molecule has 2 aromatic heterocycles. The average Bonchev–Trinajstić information content (AvgIpc) is 3.22. The van der Waals surface area contributed by atoms with Crippen molar-refractivity contribution in [3.63, 3.8) is 0 Å². The maximum Gasteiger partial charge on any atom is 0.249 e. The van der Waals surface area contributed by atoms with Gasteiger partial charge in [0, 0.05) is 12.1 Å². The number of hydrogen-bond donors (Lipinski definition) is 1. The summed E-state index contributed by atoms with van der Waals surface area (Å²) in [5, 5.41) is 11.9. The number of rotatable bonds is 5. The van der Waals surface area contributed by atoms with E-state index in [-0.39, 0.29) is 5.91 Å². The van der Waals surface area contributed by atoms with Gasteiger partial charge in [-0.1, -0.05) is 35.3 Å². The van der Waals surface area contributed by atoms with E-state index in [0.717, 1.165) is 11.1 Å². The summed E-state index contributed by atoms with van der Waals surface area (Å²) in [7, 11) is 0. The third-order valence-corrected chi connectivity index (χ3v) is 4.85. The van der Waals surface area contributed by atoms with E-state index in [1.165, 1.54) is 6.08 Å². The lowest BCUT2D eigenvalue weighted by Gasteiger charge is -2.10. The highest BCUT2D eigenvalue weighted by Gasteiger charge is 2.09. The lowest BCUT2D eigenvalue weighted by Crippen LogP contribution is -2.14. The van der Waals surface area contributed by atoms with E-state index in [2.05, 4.69) is 10.4 Å². The Hall–Kier alpha value is -2.08. The summed E-state index contributed by atoms with van der Waals surface area (Å²) in [4.78, 5) is 12.0. The van der Waals surface area contributed by atoms with Crippen molar-refractivity contribution in [1.29, 1.82) is 0 Å². The number of aromatic nitrogens is 2. The predicted octanol–water partition coefficient (Wildman–Crippen LogP) is 4.95. The normalized spacial score (nSPS) is 11.1. The lowest BCUT2D eigenvalue weighted by molar-refractivity contribution is -0.111. The highest BCUT2D eigenvalue weighted by atomic mass is 35.5. The molecule has 0 aliphatic rings. The van der Waals surface area contributed by atoms with Crippen LogP contribution in [0.15, 0.2) is 53.4 Å². The second-order valence-corrected chi connectivity index (χ2v) is 6.53. The number of halogens is 2. The molecule has 4 nitrogen and oxygen atoms in total. The molecule has 0 radical (unpaired) electrons. The van der Waals surface area contributed by atoms with Crippen LogP contribution in [-0.2, 0) is 11.3 Å². The summed E-state index contributed by atoms with van der Waals surface area (Å²) in [5.74, 6) is 0.367. The summed E-state index contributed by atoms with van der Waals surface area (Å²) in [6.07, 6.45) is 4.88.